The number of hydrogen-bond donors (Lipinski definition) is 0. The van der Waals surface area contributed by atoms with Crippen LogP contribution in [0.2, 0.25) is 0 Å². The third-order valence-electron chi connectivity index (χ3n) is 5.30. The van der Waals surface area contributed by atoms with Crippen molar-refractivity contribution in [2.45, 2.75) is 238 Å². The van der Waals surface area contributed by atoms with Gasteiger partial charge in [-0.3, -0.25) is 0 Å². The summed E-state index contributed by atoms with van der Waals surface area (Å²) in [6, 6.07) is 18.7. The van der Waals surface area contributed by atoms with Crippen LogP contribution in [0.1, 0.15) is 234 Å². The molecule has 0 aliphatic rings. The molecule has 312 valence electrons. The van der Waals surface area contributed by atoms with Crippen molar-refractivity contribution in [2.75, 3.05) is 0 Å². The van der Waals surface area contributed by atoms with Crippen molar-refractivity contribution in [1.29, 1.82) is 0 Å². The predicted molar refractivity (Wildman–Crippen MR) is 252 cm³/mol. The van der Waals surface area contributed by atoms with E-state index in [4.69, 9.17) is 0 Å². The minimum absolute atomic E-state index is 0. The van der Waals surface area contributed by atoms with Crippen LogP contribution in [0.5, 0.6) is 0 Å². The first-order chi connectivity index (χ1) is 23.2. The van der Waals surface area contributed by atoms with Crippen molar-refractivity contribution in [3.8, 4) is 0 Å². The van der Waals surface area contributed by atoms with Crippen LogP contribution in [-0.2, 0) is 0 Å². The van der Waals surface area contributed by atoms with Crippen LogP contribution in [0.4, 0.5) is 0 Å². The number of rotatable bonds is 7. The summed E-state index contributed by atoms with van der Waals surface area (Å²) in [5, 5.41) is 0. The van der Waals surface area contributed by atoms with Crippen LogP contribution in [0.3, 0.4) is 0 Å². The third kappa shape index (κ3) is 161. The van der Waals surface area contributed by atoms with Gasteiger partial charge in [0.25, 0.3) is 0 Å². The summed E-state index contributed by atoms with van der Waals surface area (Å²) < 4.78 is 0. The maximum atomic E-state index is 2.25. The highest BCUT2D eigenvalue weighted by Gasteiger charge is 1.95. The quantitative estimate of drug-likeness (QED) is 0.250. The minimum atomic E-state index is 0. The van der Waals surface area contributed by atoms with Crippen molar-refractivity contribution < 1.29 is 0 Å². The Kier molecular flexibility index (Phi) is 88.3. The van der Waals surface area contributed by atoms with Gasteiger partial charge in [-0.15, -0.1) is 0 Å². The Morgan fingerprint density at radius 3 is 0.784 bits per heavy atom. The van der Waals surface area contributed by atoms with Gasteiger partial charge < -0.3 is 0 Å². The zero-order chi connectivity index (χ0) is 41.4. The summed E-state index contributed by atoms with van der Waals surface area (Å²) in [4.78, 5) is 0. The van der Waals surface area contributed by atoms with Crippen molar-refractivity contribution in [3.63, 3.8) is 0 Å². The van der Waals surface area contributed by atoms with Gasteiger partial charge >= 0.3 is 0 Å². The van der Waals surface area contributed by atoms with Gasteiger partial charge in [-0.05, 0) is 43.9 Å². The average molecular weight is 721 g/mol. The molecule has 0 aromatic heterocycles. The van der Waals surface area contributed by atoms with Gasteiger partial charge in [0, 0.05) is 0 Å². The van der Waals surface area contributed by atoms with E-state index in [1.165, 1.54) is 80.9 Å². The van der Waals surface area contributed by atoms with E-state index in [0.29, 0.717) is 5.41 Å². The maximum absolute atomic E-state index is 2.25. The molecule has 0 saturated carbocycles. The van der Waals surface area contributed by atoms with Crippen LogP contribution in [-0.4, -0.2) is 0 Å². The highest BCUT2D eigenvalue weighted by atomic mass is 14.0. The van der Waals surface area contributed by atoms with Gasteiger partial charge in [-0.1, -0.05) is 288 Å². The molecule has 0 aliphatic heterocycles. The topological polar surface area (TPSA) is 0 Å². The van der Waals surface area contributed by atoms with Crippen molar-refractivity contribution in [2.24, 2.45) is 23.2 Å². The first kappa shape index (κ1) is 70.9. The normalized spacial score (nSPS) is 8.76. The summed E-state index contributed by atoms with van der Waals surface area (Å²) in [7, 11) is 0. The standard InChI is InChI=1S/C8H10.C7H8.2C6H14.2C5H12.2C4H10.C3H8.C2H6.CH4/c1-7-3-5-8(2)6-4-7;1-7-5-3-2-4-6-7;1-4-5-6(2)3;1-3-5-6-4-2;1-5(2,3)4;1-4-5(2)3;1-4(2)3;1-3-4-2;1-3-2;1-2;/h3-6H,1-2H3;2-6H,1H3;6H,4-5H2,1-3H3;3-6H2,1-2H3;1-4H3;5H,4H2,1-3H3;4H,1-3H3;3-4H2,1-2H3;3H2,1-2H3;1-2H3;1H4. The molecular weight excluding hydrogens is 613 g/mol. The monoisotopic (exact) mass is 721 g/mol. The molecule has 0 amide bonds. The highest BCUT2D eigenvalue weighted by molar-refractivity contribution is 5.19. The van der Waals surface area contributed by atoms with Crippen molar-refractivity contribution in [3.05, 3.63) is 71.3 Å². The predicted octanol–water partition coefficient (Wildman–Crippen LogP) is 20.0. The fourth-order valence-corrected chi connectivity index (χ4v) is 2.25. The van der Waals surface area contributed by atoms with E-state index in [1.54, 1.807) is 0 Å². The largest absolute Gasteiger partial charge is 0.0776 e. The molecule has 2 rings (SSSR count). The van der Waals surface area contributed by atoms with E-state index in [0.717, 1.165) is 17.8 Å². The Morgan fingerprint density at radius 1 is 0.451 bits per heavy atom. The van der Waals surface area contributed by atoms with Gasteiger partial charge in [0.2, 0.25) is 0 Å². The first-order valence-corrected chi connectivity index (χ1v) is 21.2. The summed E-state index contributed by atoms with van der Waals surface area (Å²) in [5.74, 6) is 2.62. The van der Waals surface area contributed by atoms with Gasteiger partial charge in [-0.2, -0.15) is 0 Å². The maximum Gasteiger partial charge on any atom is -0.0398 e. The molecule has 0 nitrogen and oxygen atoms in total. The van der Waals surface area contributed by atoms with Crippen LogP contribution >= 0.6 is 0 Å². The van der Waals surface area contributed by atoms with Crippen molar-refractivity contribution in [1.82, 2.24) is 0 Å². The second-order valence-electron chi connectivity index (χ2n) is 15.9. The number of aryl methyl sites for hydroxylation is 3. The molecule has 0 fully saturated rings. The van der Waals surface area contributed by atoms with Crippen LogP contribution in [0.15, 0.2) is 54.6 Å². The number of unbranched alkanes of at least 4 members (excludes halogenated alkanes) is 4. The lowest BCUT2D eigenvalue weighted by Crippen LogP contribution is -1.93. The van der Waals surface area contributed by atoms with Gasteiger partial charge in [-0.25, -0.2) is 0 Å². The summed E-state index contributed by atoms with van der Waals surface area (Å²) in [6.45, 7) is 52.0. The molecule has 0 atom stereocenters. The second-order valence-corrected chi connectivity index (χ2v) is 15.9. The van der Waals surface area contributed by atoms with Crippen LogP contribution in [0, 0.1) is 43.9 Å². The number of hydrogen-bond acceptors (Lipinski definition) is 0. The molecule has 2 aromatic carbocycles. The molecule has 0 bridgehead atoms. The van der Waals surface area contributed by atoms with E-state index in [1.807, 2.05) is 32.0 Å². The molecule has 0 spiro atoms. The lowest BCUT2D eigenvalue weighted by molar-refractivity contribution is 0.469. The molecule has 51 heavy (non-hydrogen) atoms. The fraction of sp³-hybridized carbons (Fsp3) is 0.765. The SMILES string of the molecule is C.CC.CC(C)(C)C.CC(C)C.CCC.CCC(C)C.CCCC.CCCC(C)C.CCCCCC.Cc1ccc(C)cc1.Cc1ccccc1. The first-order valence-electron chi connectivity index (χ1n) is 21.2. The Bertz CT molecular complexity index is 677. The van der Waals surface area contributed by atoms with Gasteiger partial charge in [0.15, 0.2) is 0 Å². The van der Waals surface area contributed by atoms with Gasteiger partial charge in [0.05, 0.1) is 0 Å². The Hall–Kier alpha value is -1.56. The molecule has 0 radical (unpaired) electrons. The Labute approximate surface area is 331 Å². The molecule has 0 heterocycles. The summed E-state index contributed by atoms with van der Waals surface area (Å²) >= 11 is 0. The zero-order valence-corrected chi connectivity index (χ0v) is 40.0. The van der Waals surface area contributed by atoms with Crippen molar-refractivity contribution >= 4 is 0 Å². The molecule has 2 aromatic rings. The molecule has 0 heteroatoms. The van der Waals surface area contributed by atoms with E-state index in [9.17, 15) is 0 Å². The second kappa shape index (κ2) is 63.5. The Morgan fingerprint density at radius 2 is 0.686 bits per heavy atom. The summed E-state index contributed by atoms with van der Waals surface area (Å²) in [5.41, 5.74) is 4.48. The summed E-state index contributed by atoms with van der Waals surface area (Å²) in [6.07, 6.45) is 13.4. The smallest absolute Gasteiger partial charge is 0.0398 e. The Balaban J connectivity index is -0.0000000559. The molecule has 0 unspecified atom stereocenters. The molecule has 0 aliphatic carbocycles. The van der Waals surface area contributed by atoms with Crippen LogP contribution < -0.4 is 0 Å². The van der Waals surface area contributed by atoms with E-state index in [2.05, 4.69) is 189 Å². The average Bonchev–Trinajstić information content (AvgIpc) is 3.03. The fourth-order valence-electron chi connectivity index (χ4n) is 2.25. The molecular formula is C51H108. The van der Waals surface area contributed by atoms with Gasteiger partial charge in [0.1, 0.15) is 0 Å². The minimum Gasteiger partial charge on any atom is -0.0776 e. The van der Waals surface area contributed by atoms with E-state index < -0.39 is 0 Å². The lowest BCUT2D eigenvalue weighted by Gasteiger charge is -2.05. The van der Waals surface area contributed by atoms with E-state index >= 15 is 0 Å². The third-order valence-corrected chi connectivity index (χ3v) is 5.30. The molecule has 0 saturated heterocycles. The highest BCUT2D eigenvalue weighted by Crippen LogP contribution is 2.08. The van der Waals surface area contributed by atoms with Crippen LogP contribution in [0.25, 0.3) is 0 Å². The molecule has 0 N–H and O–H groups in total. The lowest BCUT2D eigenvalue weighted by atomic mass is 10.0. The zero-order valence-electron chi connectivity index (χ0n) is 40.0. The number of benzene rings is 2. The van der Waals surface area contributed by atoms with E-state index in [-0.39, 0.29) is 7.43 Å².